The minimum Gasteiger partial charge on any atom is -0.456 e. The van der Waals surface area contributed by atoms with Crippen molar-refractivity contribution in [1.29, 1.82) is 0 Å². The van der Waals surface area contributed by atoms with Crippen molar-refractivity contribution in [3.63, 3.8) is 0 Å². The molecule has 3 aromatic carbocycles. The van der Waals surface area contributed by atoms with Crippen molar-refractivity contribution in [2.24, 2.45) is 0 Å². The Labute approximate surface area is 184 Å². The summed E-state index contributed by atoms with van der Waals surface area (Å²) < 4.78 is 105. The van der Waals surface area contributed by atoms with Gasteiger partial charge in [0.1, 0.15) is 17.4 Å². The lowest BCUT2D eigenvalue weighted by atomic mass is 10.0. The Morgan fingerprint density at radius 3 is 2.03 bits per heavy atom. The number of hydrogen-bond donors (Lipinski definition) is 0. The molecule has 0 fully saturated rings. The van der Waals surface area contributed by atoms with Crippen LogP contribution in [0, 0.1) is 17.5 Å². The molecule has 0 aliphatic carbocycles. The van der Waals surface area contributed by atoms with E-state index in [-0.39, 0.29) is 11.8 Å². The second kappa shape index (κ2) is 9.81. The molecule has 9 heteroatoms. The number of alkyl halides is 2. The molecular weight excluding hydrogens is 453 g/mol. The van der Waals surface area contributed by atoms with Crippen LogP contribution in [0.2, 0.25) is 0 Å². The van der Waals surface area contributed by atoms with Gasteiger partial charge in [0.05, 0.1) is 11.1 Å². The number of rotatable bonds is 7. The van der Waals surface area contributed by atoms with Crippen LogP contribution in [0.4, 0.5) is 30.7 Å². The Kier molecular flexibility index (Phi) is 7.10. The number of hydrogen-bond acceptors (Lipinski definition) is 2. The fourth-order valence-corrected chi connectivity index (χ4v) is 2.93. The van der Waals surface area contributed by atoms with Crippen LogP contribution in [0.3, 0.4) is 0 Å². The summed E-state index contributed by atoms with van der Waals surface area (Å²) in [7, 11) is 0. The molecule has 3 rings (SSSR count). The third-order valence-electron chi connectivity index (χ3n) is 4.36. The molecule has 3 aromatic rings. The van der Waals surface area contributed by atoms with Crippen LogP contribution in [-0.2, 0) is 6.11 Å². The molecule has 0 aromatic heterocycles. The largest absolute Gasteiger partial charge is 0.456 e. The molecule has 0 bridgehead atoms. The topological polar surface area (TPSA) is 18.5 Å². The third kappa shape index (κ3) is 5.74. The molecule has 0 saturated heterocycles. The van der Waals surface area contributed by atoms with Gasteiger partial charge in [0.15, 0.2) is 17.8 Å². The average Bonchev–Trinajstić information content (AvgIpc) is 2.73. The van der Waals surface area contributed by atoms with Gasteiger partial charge >= 0.3 is 12.2 Å². The zero-order valence-corrected chi connectivity index (χ0v) is 16.9. The summed E-state index contributed by atoms with van der Waals surface area (Å²) in [5.74, 6) is -5.16. The Bertz CT molecular complexity index is 1170. The fourth-order valence-electron chi connectivity index (χ4n) is 2.93. The van der Waals surface area contributed by atoms with Gasteiger partial charge in [-0.1, -0.05) is 30.4 Å². The zero-order chi connectivity index (χ0) is 24.2. The molecule has 2 nitrogen and oxygen atoms in total. The van der Waals surface area contributed by atoms with Gasteiger partial charge in [0.25, 0.3) is 0 Å². The summed E-state index contributed by atoms with van der Waals surface area (Å²) in [5, 5.41) is 0. The van der Waals surface area contributed by atoms with E-state index < -0.39 is 52.3 Å². The van der Waals surface area contributed by atoms with E-state index in [0.717, 1.165) is 24.3 Å². The molecular formula is C24H15F7O2. The maximum atomic E-state index is 14.6. The van der Waals surface area contributed by atoms with Crippen LogP contribution < -0.4 is 9.47 Å². The average molecular weight is 468 g/mol. The van der Waals surface area contributed by atoms with Crippen LogP contribution in [0.15, 0.2) is 73.0 Å². The molecule has 0 N–H and O–H groups in total. The highest BCUT2D eigenvalue weighted by atomic mass is 19.3. The highest BCUT2D eigenvalue weighted by molar-refractivity contribution is 5.67. The van der Waals surface area contributed by atoms with Crippen molar-refractivity contribution in [2.75, 3.05) is 0 Å². The highest BCUT2D eigenvalue weighted by Crippen LogP contribution is 2.36. The molecule has 0 amide bonds. The first-order valence-corrected chi connectivity index (χ1v) is 9.37. The van der Waals surface area contributed by atoms with Crippen molar-refractivity contribution < 1.29 is 40.2 Å². The van der Waals surface area contributed by atoms with E-state index in [9.17, 15) is 30.7 Å². The first-order valence-electron chi connectivity index (χ1n) is 9.37. The molecule has 0 aliphatic rings. The monoisotopic (exact) mass is 468 g/mol. The number of halogens is 7. The van der Waals surface area contributed by atoms with Gasteiger partial charge in [-0.2, -0.15) is 17.6 Å². The van der Waals surface area contributed by atoms with E-state index in [2.05, 4.69) is 9.47 Å². The van der Waals surface area contributed by atoms with E-state index in [0.29, 0.717) is 23.8 Å². The summed E-state index contributed by atoms with van der Waals surface area (Å²) >= 11 is 0. The molecule has 172 valence electrons. The smallest absolute Gasteiger partial charge is 0.426 e. The minimum atomic E-state index is -3.89. The second-order valence-corrected chi connectivity index (χ2v) is 6.67. The molecule has 33 heavy (non-hydrogen) atoms. The quantitative estimate of drug-likeness (QED) is 0.258. The SMILES string of the molecule is C/C=C/c1ccc(C(F)(F)Oc2cc(F)c(-c3ccc(OC=C(F)F)c(F)c3)c(F)c2)cc1. The van der Waals surface area contributed by atoms with Gasteiger partial charge in [0.2, 0.25) is 0 Å². The summed E-state index contributed by atoms with van der Waals surface area (Å²) in [6.45, 7) is 1.76. The number of ether oxygens (including phenoxy) is 2. The van der Waals surface area contributed by atoms with Crippen molar-refractivity contribution in [3.8, 4) is 22.6 Å². The van der Waals surface area contributed by atoms with E-state index in [1.165, 1.54) is 12.1 Å². The molecule has 0 spiro atoms. The maximum Gasteiger partial charge on any atom is 0.426 e. The maximum absolute atomic E-state index is 14.6. The van der Waals surface area contributed by atoms with E-state index in [4.69, 9.17) is 0 Å². The lowest BCUT2D eigenvalue weighted by Crippen LogP contribution is -2.22. The lowest BCUT2D eigenvalue weighted by Gasteiger charge is -2.19. The Hall–Kier alpha value is -3.75. The molecule has 0 heterocycles. The Morgan fingerprint density at radius 1 is 0.848 bits per heavy atom. The van der Waals surface area contributed by atoms with Gasteiger partial charge in [-0.25, -0.2) is 13.2 Å². The van der Waals surface area contributed by atoms with Crippen LogP contribution in [0.5, 0.6) is 11.5 Å². The van der Waals surface area contributed by atoms with Gasteiger partial charge in [0, 0.05) is 12.1 Å². The molecule has 0 saturated carbocycles. The lowest BCUT2D eigenvalue weighted by molar-refractivity contribution is -0.185. The predicted molar refractivity (Wildman–Crippen MR) is 108 cm³/mol. The fraction of sp³-hybridized carbons (Fsp3) is 0.0833. The van der Waals surface area contributed by atoms with Crippen LogP contribution in [-0.4, -0.2) is 0 Å². The summed E-state index contributed by atoms with van der Waals surface area (Å²) in [4.78, 5) is 0. The number of allylic oxidation sites excluding steroid dienone is 1. The van der Waals surface area contributed by atoms with Gasteiger partial charge in [-0.3, -0.25) is 0 Å². The number of benzene rings is 3. The molecule has 0 aliphatic heterocycles. The van der Waals surface area contributed by atoms with Gasteiger partial charge in [-0.15, -0.1) is 0 Å². The summed E-state index contributed by atoms with van der Waals surface area (Å²) in [5.41, 5.74) is -0.887. The minimum absolute atomic E-state index is 0.000386. The standard InChI is InChI=1S/C24H15F7O2/c1-2-3-14-4-7-16(8-5-14)24(30,31)33-17-11-19(26)23(20(27)12-17)15-6-9-21(18(25)10-15)32-13-22(28)29/h2-13H,1H3/b3-2+. The highest BCUT2D eigenvalue weighted by Gasteiger charge is 2.35. The second-order valence-electron chi connectivity index (χ2n) is 6.67. The first-order chi connectivity index (χ1) is 15.6. The molecule has 0 atom stereocenters. The van der Waals surface area contributed by atoms with Crippen molar-refractivity contribution in [2.45, 2.75) is 13.0 Å². The third-order valence-corrected chi connectivity index (χ3v) is 4.36. The van der Waals surface area contributed by atoms with Crippen molar-refractivity contribution >= 4 is 6.08 Å². The predicted octanol–water partition coefficient (Wildman–Crippen LogP) is 8.05. The van der Waals surface area contributed by atoms with Gasteiger partial charge < -0.3 is 9.47 Å². The Balaban J connectivity index is 1.87. The Morgan fingerprint density at radius 2 is 1.48 bits per heavy atom. The van der Waals surface area contributed by atoms with E-state index in [1.807, 2.05) is 0 Å². The summed E-state index contributed by atoms with van der Waals surface area (Å²) in [6, 6.07) is 8.72. The van der Waals surface area contributed by atoms with Crippen LogP contribution in [0.25, 0.3) is 17.2 Å². The van der Waals surface area contributed by atoms with Crippen molar-refractivity contribution in [3.05, 3.63) is 102 Å². The van der Waals surface area contributed by atoms with E-state index in [1.54, 1.807) is 19.1 Å². The van der Waals surface area contributed by atoms with Crippen LogP contribution >= 0.6 is 0 Å². The van der Waals surface area contributed by atoms with E-state index >= 15 is 0 Å². The van der Waals surface area contributed by atoms with Crippen molar-refractivity contribution in [1.82, 2.24) is 0 Å². The summed E-state index contributed by atoms with van der Waals surface area (Å²) in [6.07, 6.45) is -2.68. The molecule has 0 radical (unpaired) electrons. The first kappa shape index (κ1) is 23.9. The van der Waals surface area contributed by atoms with Crippen LogP contribution in [0.1, 0.15) is 18.1 Å². The van der Waals surface area contributed by atoms with Gasteiger partial charge in [-0.05, 0) is 42.3 Å². The zero-order valence-electron chi connectivity index (χ0n) is 16.9. The molecule has 0 unspecified atom stereocenters. The normalized spacial score (nSPS) is 11.5.